The van der Waals surface area contributed by atoms with Crippen LogP contribution in [-0.2, 0) is 16.2 Å². The third-order valence-electron chi connectivity index (χ3n) is 19.3. The van der Waals surface area contributed by atoms with Crippen molar-refractivity contribution in [1.29, 1.82) is 0 Å². The first-order valence-electron chi connectivity index (χ1n) is 31.0. The van der Waals surface area contributed by atoms with Crippen LogP contribution in [0.15, 0.2) is 216 Å². The summed E-state index contributed by atoms with van der Waals surface area (Å²) in [5.41, 5.74) is 20.2. The molecule has 93 heavy (non-hydrogen) atoms. The summed E-state index contributed by atoms with van der Waals surface area (Å²) in [6.45, 7) is 15.1. The molecule has 0 nitrogen and oxygen atoms in total. The average molecular weight is 1410 g/mol. The number of benzene rings is 4. The molecule has 12 heterocycles. The Bertz CT molecular complexity index is 5040. The molecule has 12 aromatic heterocycles. The van der Waals surface area contributed by atoms with E-state index < -0.39 is 0 Å². The van der Waals surface area contributed by atoms with Gasteiger partial charge < -0.3 is 0 Å². The van der Waals surface area contributed by atoms with E-state index in [1.807, 2.05) is 136 Å². The van der Waals surface area contributed by atoms with E-state index in [1.165, 1.54) is 186 Å². The van der Waals surface area contributed by atoms with E-state index in [2.05, 4.69) is 258 Å². The van der Waals surface area contributed by atoms with Crippen molar-refractivity contribution >= 4 is 136 Å². The van der Waals surface area contributed by atoms with Gasteiger partial charge in [-0.05, 0) is 245 Å². The van der Waals surface area contributed by atoms with Gasteiger partial charge in [-0.3, -0.25) is 0 Å². The molecule has 0 fully saturated rings. The first-order valence-corrected chi connectivity index (χ1v) is 41.0. The molecule has 0 amide bonds. The van der Waals surface area contributed by atoms with Crippen LogP contribution >= 0.6 is 136 Å². The number of hydrogen-bond donors (Lipinski definition) is 0. The third kappa shape index (κ3) is 9.15. The molecule has 0 saturated carbocycles. The molecule has 16 aromatic rings. The van der Waals surface area contributed by atoms with Gasteiger partial charge in [-0.2, -0.15) is 0 Å². The van der Waals surface area contributed by atoms with Crippen molar-refractivity contribution in [2.75, 3.05) is 0 Å². The maximum Gasteiger partial charge on any atom is 0.0449 e. The predicted molar refractivity (Wildman–Crippen MR) is 419 cm³/mol. The Morgan fingerprint density at radius 2 is 0.398 bits per heavy atom. The summed E-state index contributed by atoms with van der Waals surface area (Å²) >= 11 is 22.6. The van der Waals surface area contributed by atoms with E-state index >= 15 is 0 Å². The van der Waals surface area contributed by atoms with Gasteiger partial charge in [-0.25, -0.2) is 0 Å². The van der Waals surface area contributed by atoms with E-state index in [-0.39, 0.29) is 16.2 Å². The third-order valence-corrected chi connectivity index (χ3v) is 33.6. The minimum Gasteiger partial charge on any atom is -0.143 e. The molecule has 0 bridgehead atoms. The van der Waals surface area contributed by atoms with Crippen molar-refractivity contribution in [2.45, 2.75) is 57.8 Å². The number of rotatable bonds is 12. The van der Waals surface area contributed by atoms with Gasteiger partial charge in [0.05, 0.1) is 0 Å². The van der Waals surface area contributed by atoms with Crippen molar-refractivity contribution in [3.63, 3.8) is 0 Å². The fraction of sp³-hybridized carbons (Fsp3) is 0.111. The number of fused-ring (bicyclic) bond motifs is 12. The Hall–Kier alpha value is -6.72. The van der Waals surface area contributed by atoms with Gasteiger partial charge in [-0.1, -0.05) is 96.1 Å². The molecule has 0 unspecified atom stereocenters. The molecule has 0 aliphatic heterocycles. The highest BCUT2D eigenvalue weighted by Gasteiger charge is 2.53. The molecular formula is C81H54S12. The van der Waals surface area contributed by atoms with E-state index in [9.17, 15) is 0 Å². The van der Waals surface area contributed by atoms with Crippen molar-refractivity contribution < 1.29 is 0 Å². The Labute approximate surface area is 589 Å². The second-order valence-electron chi connectivity index (χ2n) is 25.8. The molecule has 0 N–H and O–H groups in total. The highest BCUT2D eigenvalue weighted by molar-refractivity contribution is 7.31. The van der Waals surface area contributed by atoms with Gasteiger partial charge in [0.15, 0.2) is 0 Å². The number of thiophene rings is 12. The fourth-order valence-corrected chi connectivity index (χ4v) is 27.0. The highest BCUT2D eigenvalue weighted by atomic mass is 32.1. The summed E-state index contributed by atoms with van der Waals surface area (Å²) < 4.78 is 0. The van der Waals surface area contributed by atoms with Crippen molar-refractivity contribution in [1.82, 2.24) is 0 Å². The highest BCUT2D eigenvalue weighted by Crippen LogP contribution is 2.68. The lowest BCUT2D eigenvalue weighted by atomic mass is 9.71. The minimum absolute atomic E-state index is 0.282. The van der Waals surface area contributed by atoms with E-state index in [0.717, 1.165) is 0 Å². The fourth-order valence-electron chi connectivity index (χ4n) is 14.9. The minimum atomic E-state index is -0.282. The van der Waals surface area contributed by atoms with Crippen LogP contribution in [0.25, 0.3) is 152 Å². The molecule has 450 valence electrons. The van der Waals surface area contributed by atoms with E-state index in [0.29, 0.717) is 0 Å². The zero-order valence-electron chi connectivity index (χ0n) is 51.2. The zero-order chi connectivity index (χ0) is 62.2. The van der Waals surface area contributed by atoms with Crippen LogP contribution in [0.4, 0.5) is 0 Å². The van der Waals surface area contributed by atoms with Gasteiger partial charge in [0.25, 0.3) is 0 Å². The summed E-state index contributed by atoms with van der Waals surface area (Å²) in [6, 6.07) is 77.5. The first-order chi connectivity index (χ1) is 45.3. The average Bonchev–Trinajstić information content (AvgIpc) is 1.49. The molecule has 0 atom stereocenters. The molecule has 12 heteroatoms. The maximum atomic E-state index is 2.58. The van der Waals surface area contributed by atoms with Crippen LogP contribution in [0, 0.1) is 0 Å². The van der Waals surface area contributed by atoms with Gasteiger partial charge >= 0.3 is 0 Å². The smallest absolute Gasteiger partial charge is 0.0449 e. The topological polar surface area (TPSA) is 0 Å². The summed E-state index contributed by atoms with van der Waals surface area (Å²) in [6.07, 6.45) is 0. The SMILES string of the molecule is CC1(C)c2ccc(-c3ccc(-c4ccc(-c5ccc(-c6cccs6)s5)s4)s3)cc2-c2c1c1c(c3c2C(C)(C)c2ccc(-c4ccc(-c5ccc(-c6ccc(-c7cccs7)s6)s5)s4)cc2-3)C(C)(C)c2ccc(-c3ccc(-c4ccc(-c5ccc(-c6cccs6)s5)s4)s3)cc2-1. The van der Waals surface area contributed by atoms with Gasteiger partial charge in [0.1, 0.15) is 0 Å². The molecule has 4 aromatic carbocycles. The molecule has 0 radical (unpaired) electrons. The van der Waals surface area contributed by atoms with Crippen LogP contribution in [0.5, 0.6) is 0 Å². The van der Waals surface area contributed by atoms with Crippen molar-refractivity contribution in [3.8, 4) is 152 Å². The lowest BCUT2D eigenvalue weighted by molar-refractivity contribution is 0.636. The van der Waals surface area contributed by atoms with Gasteiger partial charge in [-0.15, -0.1) is 136 Å². The molecule has 3 aliphatic carbocycles. The molecule has 0 saturated heterocycles. The largest absolute Gasteiger partial charge is 0.143 e. The lowest BCUT2D eigenvalue weighted by Gasteiger charge is -2.31. The Morgan fingerprint density at radius 3 is 0.602 bits per heavy atom. The summed E-state index contributed by atoms with van der Waals surface area (Å²) in [5.74, 6) is 0. The second kappa shape index (κ2) is 21.6. The summed E-state index contributed by atoms with van der Waals surface area (Å²) in [5, 5.41) is 6.50. The molecule has 19 rings (SSSR count). The van der Waals surface area contributed by atoms with E-state index in [1.54, 1.807) is 0 Å². The van der Waals surface area contributed by atoms with Crippen LogP contribution < -0.4 is 0 Å². The predicted octanol–water partition coefficient (Wildman–Crippen LogP) is 29.3. The maximum absolute atomic E-state index is 2.58. The Morgan fingerprint density at radius 1 is 0.204 bits per heavy atom. The standard InChI is InChI=1S/C81H54S12/c1-79(2)49-16-13-43(52-19-22-61(85-52)64-31-34-70(91-64)67-28-25-58(88-67)55-10-7-37-82-55)40-46(49)73-76(79)74-47-41-44(53-20-23-62(86-53)65-32-35-71(92-65)68-29-26-59(89-68)56-11-8-38-83-56)14-17-50(47)80(3,4)78(74)75-48-42-45(15-18-51(48)81(5,6)77(73)75)54-21-24-63(87-54)66-33-36-72(93-66)69-30-27-60(90-69)57-12-9-39-84-57/h7-42H,1-6H3. The normalized spacial score (nSPS) is 14.4. The Balaban J connectivity index is 0.731. The lowest BCUT2D eigenvalue weighted by Crippen LogP contribution is -2.22. The quantitative estimate of drug-likeness (QED) is 0.114. The van der Waals surface area contributed by atoms with Crippen LogP contribution in [0.2, 0.25) is 0 Å². The zero-order valence-corrected chi connectivity index (χ0v) is 61.0. The second-order valence-corrected chi connectivity index (χ2v) is 38.4. The summed E-state index contributed by atoms with van der Waals surface area (Å²) in [7, 11) is 0. The number of hydrogen-bond acceptors (Lipinski definition) is 12. The Kier molecular flexibility index (Phi) is 13.4. The molecule has 3 aliphatic rings. The summed E-state index contributed by atoms with van der Waals surface area (Å²) in [4.78, 5) is 27.8. The van der Waals surface area contributed by atoms with Crippen LogP contribution in [0.1, 0.15) is 74.9 Å². The molecular weight excluding hydrogens is 1360 g/mol. The van der Waals surface area contributed by atoms with Gasteiger partial charge in [0, 0.05) is 119 Å². The van der Waals surface area contributed by atoms with Crippen molar-refractivity contribution in [3.05, 3.63) is 250 Å². The monoisotopic (exact) mass is 1410 g/mol. The van der Waals surface area contributed by atoms with Crippen molar-refractivity contribution in [2.24, 2.45) is 0 Å². The van der Waals surface area contributed by atoms with Crippen LogP contribution in [-0.4, -0.2) is 0 Å². The van der Waals surface area contributed by atoms with Crippen LogP contribution in [0.3, 0.4) is 0 Å². The molecule has 0 spiro atoms. The van der Waals surface area contributed by atoms with E-state index in [4.69, 9.17) is 0 Å². The first kappa shape index (κ1) is 57.7. The van der Waals surface area contributed by atoms with Gasteiger partial charge in [0.2, 0.25) is 0 Å².